The molecule has 0 saturated carbocycles. The predicted octanol–water partition coefficient (Wildman–Crippen LogP) is 6.56. The van der Waals surface area contributed by atoms with Gasteiger partial charge in [-0.1, -0.05) is 53.5 Å². The van der Waals surface area contributed by atoms with Crippen molar-refractivity contribution in [3.05, 3.63) is 107 Å². The molecule has 0 unspecified atom stereocenters. The molecule has 176 valence electrons. The molecule has 0 bridgehead atoms. The number of carbonyl (C=O) groups excluding carboxylic acids is 1. The molecule has 9 heteroatoms. The molecule has 0 fully saturated rings. The second-order valence-corrected chi connectivity index (χ2v) is 9.71. The summed E-state index contributed by atoms with van der Waals surface area (Å²) in [5.41, 5.74) is 3.23. The van der Waals surface area contributed by atoms with Gasteiger partial charge in [0.2, 0.25) is 10.0 Å². The molecule has 1 atom stereocenters. The number of anilines is 2. The Morgan fingerprint density at radius 1 is 0.886 bits per heavy atom. The summed E-state index contributed by atoms with van der Waals surface area (Å²) in [6.45, 7) is 2.02. The Kier molecular flexibility index (Phi) is 6.56. The number of nitrogens with zero attached hydrogens (tertiary/aromatic N) is 4. The Balaban J connectivity index is 1.65. The monoisotopic (exact) mass is 522 g/mol. The SMILES string of the molecule is CCOC(=O)C1=NN(c2ccc(Cl)cc2)[C@@]2(C=CC(c3ccc(Cl)cc3)=NN2c2ccccc2)S1. The van der Waals surface area contributed by atoms with E-state index in [1.807, 2.05) is 83.9 Å². The third-order valence-corrected chi connectivity index (χ3v) is 7.10. The van der Waals surface area contributed by atoms with Crippen LogP contribution < -0.4 is 10.0 Å². The number of para-hydroxylation sites is 1. The van der Waals surface area contributed by atoms with Gasteiger partial charge in [-0.2, -0.15) is 10.2 Å². The largest absolute Gasteiger partial charge is 0.461 e. The van der Waals surface area contributed by atoms with Gasteiger partial charge in [0.05, 0.1) is 23.7 Å². The fourth-order valence-electron chi connectivity index (χ4n) is 3.76. The average molecular weight is 523 g/mol. The number of hydrazone groups is 2. The number of thioether (sulfide) groups is 1. The summed E-state index contributed by atoms with van der Waals surface area (Å²) in [5, 5.41) is 14.8. The molecule has 0 aromatic heterocycles. The van der Waals surface area contributed by atoms with Crippen molar-refractivity contribution in [1.82, 2.24) is 0 Å². The average Bonchev–Trinajstić information content (AvgIpc) is 3.26. The van der Waals surface area contributed by atoms with Gasteiger partial charge in [-0.25, -0.2) is 14.8 Å². The van der Waals surface area contributed by atoms with Crippen LogP contribution in [0.1, 0.15) is 12.5 Å². The molecule has 0 radical (unpaired) electrons. The van der Waals surface area contributed by atoms with Gasteiger partial charge in [-0.05, 0) is 79.4 Å². The van der Waals surface area contributed by atoms with Crippen LogP contribution in [0, 0.1) is 0 Å². The highest BCUT2D eigenvalue weighted by Gasteiger charge is 2.51. The maximum absolute atomic E-state index is 12.8. The predicted molar refractivity (Wildman–Crippen MR) is 144 cm³/mol. The van der Waals surface area contributed by atoms with Crippen LogP contribution in [-0.4, -0.2) is 28.3 Å². The first-order chi connectivity index (χ1) is 17.0. The van der Waals surface area contributed by atoms with Gasteiger partial charge in [0, 0.05) is 15.6 Å². The van der Waals surface area contributed by atoms with Crippen molar-refractivity contribution in [2.75, 3.05) is 16.6 Å². The number of hydrogen-bond acceptors (Lipinski definition) is 7. The second-order valence-electron chi connectivity index (χ2n) is 7.65. The topological polar surface area (TPSA) is 57.5 Å². The lowest BCUT2D eigenvalue weighted by atomic mass is 10.1. The Morgan fingerprint density at radius 3 is 2.14 bits per heavy atom. The van der Waals surface area contributed by atoms with Crippen LogP contribution >= 0.6 is 35.0 Å². The minimum absolute atomic E-state index is 0.234. The van der Waals surface area contributed by atoms with Crippen LogP contribution in [0.5, 0.6) is 0 Å². The molecule has 3 aromatic carbocycles. The van der Waals surface area contributed by atoms with Crippen LogP contribution in [0.3, 0.4) is 0 Å². The molecule has 0 N–H and O–H groups in total. The summed E-state index contributed by atoms with van der Waals surface area (Å²) in [7, 11) is 0. The smallest absolute Gasteiger partial charge is 0.365 e. The Hall–Kier alpha value is -3.26. The van der Waals surface area contributed by atoms with Gasteiger partial charge in [0.15, 0.2) is 0 Å². The molecule has 1 spiro atoms. The number of ether oxygens (including phenoxy) is 1. The van der Waals surface area contributed by atoms with E-state index in [4.69, 9.17) is 33.0 Å². The normalized spacial score (nSPS) is 19.1. The van der Waals surface area contributed by atoms with Gasteiger partial charge in [-0.3, -0.25) is 0 Å². The molecule has 6 nitrogen and oxygen atoms in total. The molecule has 0 saturated heterocycles. The second kappa shape index (κ2) is 9.77. The standard InChI is InChI=1S/C26H20Cl2N4O2S/c1-2-34-25(33)24-30-32(22-14-12-20(28)13-15-22)26(35-24)17-16-23(18-8-10-19(27)11-9-18)29-31(26)21-6-4-3-5-7-21/h3-17H,2H2,1H3/t26-/m0/s1. The number of halogens is 2. The highest BCUT2D eigenvalue weighted by atomic mass is 35.5. The number of benzene rings is 3. The van der Waals surface area contributed by atoms with E-state index in [0.717, 1.165) is 22.6 Å². The van der Waals surface area contributed by atoms with Crippen LogP contribution in [-0.2, 0) is 9.53 Å². The summed E-state index contributed by atoms with van der Waals surface area (Å²) >= 11 is 13.5. The number of esters is 1. The van der Waals surface area contributed by atoms with Gasteiger partial charge in [-0.15, -0.1) is 0 Å². The van der Waals surface area contributed by atoms with E-state index in [-0.39, 0.29) is 11.7 Å². The van der Waals surface area contributed by atoms with Crippen molar-refractivity contribution in [3.8, 4) is 0 Å². The van der Waals surface area contributed by atoms with Gasteiger partial charge in [0.25, 0.3) is 0 Å². The highest BCUT2D eigenvalue weighted by Crippen LogP contribution is 2.48. The van der Waals surface area contributed by atoms with Crippen molar-refractivity contribution >= 4 is 63.1 Å². The van der Waals surface area contributed by atoms with E-state index in [0.29, 0.717) is 10.0 Å². The lowest BCUT2D eigenvalue weighted by Gasteiger charge is -2.43. The van der Waals surface area contributed by atoms with Crippen molar-refractivity contribution in [1.29, 1.82) is 0 Å². The van der Waals surface area contributed by atoms with Crippen molar-refractivity contribution in [3.63, 3.8) is 0 Å². The molecular formula is C26H20Cl2N4O2S. The maximum atomic E-state index is 12.8. The molecule has 0 aliphatic carbocycles. The summed E-state index contributed by atoms with van der Waals surface area (Å²) in [4.78, 5) is 11.8. The Labute approximate surface area is 217 Å². The van der Waals surface area contributed by atoms with Crippen LogP contribution in [0.25, 0.3) is 0 Å². The summed E-state index contributed by atoms with van der Waals surface area (Å²) in [5.74, 6) is -0.484. The third kappa shape index (κ3) is 4.55. The molecular weight excluding hydrogens is 503 g/mol. The minimum Gasteiger partial charge on any atom is -0.461 e. The van der Waals surface area contributed by atoms with E-state index >= 15 is 0 Å². The van der Waals surface area contributed by atoms with E-state index in [2.05, 4.69) is 5.10 Å². The first kappa shape index (κ1) is 23.5. The van der Waals surface area contributed by atoms with Crippen molar-refractivity contribution in [2.45, 2.75) is 11.9 Å². The maximum Gasteiger partial charge on any atom is 0.365 e. The van der Waals surface area contributed by atoms with Gasteiger partial charge < -0.3 is 4.74 Å². The number of rotatable bonds is 5. The van der Waals surface area contributed by atoms with E-state index in [1.165, 1.54) is 11.8 Å². The zero-order chi connectivity index (χ0) is 24.4. The molecule has 35 heavy (non-hydrogen) atoms. The molecule has 2 aliphatic heterocycles. The van der Waals surface area contributed by atoms with Crippen LogP contribution in [0.4, 0.5) is 11.4 Å². The fraction of sp³-hybridized carbons (Fsp3) is 0.115. The summed E-state index contributed by atoms with van der Waals surface area (Å²) in [6, 6.07) is 24.6. The lowest BCUT2D eigenvalue weighted by Crippen LogP contribution is -2.53. The molecule has 2 aliphatic rings. The summed E-state index contributed by atoms with van der Waals surface area (Å²) < 4.78 is 5.28. The van der Waals surface area contributed by atoms with Crippen molar-refractivity contribution < 1.29 is 9.53 Å². The number of carbonyl (C=O) groups is 1. The van der Waals surface area contributed by atoms with Crippen molar-refractivity contribution in [2.24, 2.45) is 10.2 Å². The van der Waals surface area contributed by atoms with Gasteiger partial charge in [0.1, 0.15) is 0 Å². The highest BCUT2D eigenvalue weighted by molar-refractivity contribution is 8.17. The van der Waals surface area contributed by atoms with E-state index < -0.39 is 11.0 Å². The van der Waals surface area contributed by atoms with Crippen LogP contribution in [0.15, 0.2) is 101 Å². The number of allylic oxidation sites excluding steroid dienone is 1. The summed E-state index contributed by atoms with van der Waals surface area (Å²) in [6.07, 6.45) is 3.92. The van der Waals surface area contributed by atoms with E-state index in [9.17, 15) is 4.79 Å². The molecule has 5 rings (SSSR count). The minimum atomic E-state index is -0.993. The number of hydrogen-bond donors (Lipinski definition) is 0. The lowest BCUT2D eigenvalue weighted by molar-refractivity contribution is -0.134. The zero-order valence-electron chi connectivity index (χ0n) is 18.6. The molecule has 3 aromatic rings. The van der Waals surface area contributed by atoms with Crippen LogP contribution in [0.2, 0.25) is 10.0 Å². The molecule has 0 amide bonds. The fourth-order valence-corrected chi connectivity index (χ4v) is 5.17. The Morgan fingerprint density at radius 2 is 1.49 bits per heavy atom. The van der Waals surface area contributed by atoms with E-state index in [1.54, 1.807) is 24.1 Å². The quantitative estimate of drug-likeness (QED) is 0.355. The molecule has 2 heterocycles. The third-order valence-electron chi connectivity index (χ3n) is 5.37. The first-order valence-corrected chi connectivity index (χ1v) is 12.5. The zero-order valence-corrected chi connectivity index (χ0v) is 21.0. The first-order valence-electron chi connectivity index (χ1n) is 10.9. The van der Waals surface area contributed by atoms with Gasteiger partial charge >= 0.3 is 5.97 Å². The Bertz CT molecular complexity index is 1330.